The Morgan fingerprint density at radius 1 is 1.38 bits per heavy atom. The Labute approximate surface area is 139 Å². The van der Waals surface area contributed by atoms with Crippen LogP contribution in [0, 0.1) is 5.92 Å². The quantitative estimate of drug-likeness (QED) is 0.743. The summed E-state index contributed by atoms with van der Waals surface area (Å²) in [5, 5.41) is 3.33. The number of halogens is 1. The van der Waals surface area contributed by atoms with Gasteiger partial charge < -0.3 is 5.32 Å². The number of nitrogens with zero attached hydrogens (tertiary/aromatic N) is 1. The summed E-state index contributed by atoms with van der Waals surface area (Å²) in [6.07, 6.45) is 1.86. The molecule has 0 radical (unpaired) electrons. The second-order valence-corrected chi connectivity index (χ2v) is 9.48. The summed E-state index contributed by atoms with van der Waals surface area (Å²) in [7, 11) is -3.36. The van der Waals surface area contributed by atoms with Crippen molar-refractivity contribution >= 4 is 37.5 Å². The van der Waals surface area contributed by atoms with Crippen molar-refractivity contribution in [2.24, 2.45) is 5.92 Å². The number of hydrogen-bond donors (Lipinski definition) is 2. The third-order valence-corrected chi connectivity index (χ3v) is 6.83. The van der Waals surface area contributed by atoms with E-state index in [-0.39, 0.29) is 0 Å². The molecular formula is C13H22BrN3O2S2. The van der Waals surface area contributed by atoms with Crippen molar-refractivity contribution in [1.29, 1.82) is 0 Å². The highest BCUT2D eigenvalue weighted by atomic mass is 79.9. The lowest BCUT2D eigenvalue weighted by molar-refractivity contribution is 0.266. The van der Waals surface area contributed by atoms with E-state index < -0.39 is 10.2 Å². The first-order chi connectivity index (χ1) is 10.0. The first kappa shape index (κ1) is 17.4. The first-order valence-electron chi connectivity index (χ1n) is 7.21. The largest absolute Gasteiger partial charge is 0.317 e. The molecular weight excluding hydrogens is 374 g/mol. The van der Waals surface area contributed by atoms with E-state index in [1.807, 2.05) is 12.1 Å². The molecule has 21 heavy (non-hydrogen) atoms. The third-order valence-electron chi connectivity index (χ3n) is 3.65. The van der Waals surface area contributed by atoms with Crippen LogP contribution in [0.2, 0.25) is 0 Å². The van der Waals surface area contributed by atoms with E-state index in [0.717, 1.165) is 34.6 Å². The molecule has 1 aromatic rings. The van der Waals surface area contributed by atoms with E-state index in [9.17, 15) is 8.42 Å². The number of nitrogens with one attached hydrogen (secondary N) is 2. The molecule has 2 heterocycles. The summed E-state index contributed by atoms with van der Waals surface area (Å²) in [4.78, 5) is 1.01. The van der Waals surface area contributed by atoms with E-state index in [2.05, 4.69) is 32.9 Å². The molecule has 0 spiro atoms. The SMILES string of the molecule is CCNCC1CCN(S(=O)(=O)NCc2ccc(Br)s2)CC1. The van der Waals surface area contributed by atoms with E-state index in [1.54, 1.807) is 15.6 Å². The minimum Gasteiger partial charge on any atom is -0.317 e. The minimum absolute atomic E-state index is 0.357. The van der Waals surface area contributed by atoms with Crippen molar-refractivity contribution in [3.8, 4) is 0 Å². The molecule has 0 atom stereocenters. The monoisotopic (exact) mass is 395 g/mol. The van der Waals surface area contributed by atoms with E-state index in [1.165, 1.54) is 0 Å². The Morgan fingerprint density at radius 2 is 2.10 bits per heavy atom. The van der Waals surface area contributed by atoms with Crippen LogP contribution in [0.15, 0.2) is 15.9 Å². The number of thiophene rings is 1. The fraction of sp³-hybridized carbons (Fsp3) is 0.692. The summed E-state index contributed by atoms with van der Waals surface area (Å²) in [6, 6.07) is 3.86. The van der Waals surface area contributed by atoms with Crippen molar-refractivity contribution < 1.29 is 8.42 Å². The van der Waals surface area contributed by atoms with E-state index in [4.69, 9.17) is 0 Å². The fourth-order valence-corrected chi connectivity index (χ4v) is 5.13. The minimum atomic E-state index is -3.36. The van der Waals surface area contributed by atoms with Gasteiger partial charge in [0.1, 0.15) is 0 Å². The van der Waals surface area contributed by atoms with E-state index >= 15 is 0 Å². The van der Waals surface area contributed by atoms with Gasteiger partial charge in [0.05, 0.1) is 3.79 Å². The molecule has 2 rings (SSSR count). The van der Waals surface area contributed by atoms with E-state index in [0.29, 0.717) is 25.6 Å². The molecule has 0 unspecified atom stereocenters. The van der Waals surface area contributed by atoms with Crippen molar-refractivity contribution in [1.82, 2.24) is 14.3 Å². The third kappa shape index (κ3) is 5.30. The van der Waals surface area contributed by atoms with Crippen LogP contribution in [0.1, 0.15) is 24.6 Å². The average molecular weight is 396 g/mol. The molecule has 5 nitrogen and oxygen atoms in total. The van der Waals surface area contributed by atoms with Crippen molar-refractivity contribution in [3.05, 3.63) is 20.8 Å². The maximum Gasteiger partial charge on any atom is 0.279 e. The van der Waals surface area contributed by atoms with Crippen molar-refractivity contribution in [2.75, 3.05) is 26.2 Å². The predicted octanol–water partition coefficient (Wildman–Crippen LogP) is 2.17. The van der Waals surface area contributed by atoms with Crippen LogP contribution in [0.25, 0.3) is 0 Å². The molecule has 1 aliphatic rings. The van der Waals surface area contributed by atoms with Crippen LogP contribution in [0.3, 0.4) is 0 Å². The first-order valence-corrected chi connectivity index (χ1v) is 10.3. The van der Waals surface area contributed by atoms with Gasteiger partial charge in [-0.3, -0.25) is 0 Å². The topological polar surface area (TPSA) is 61.4 Å². The molecule has 1 fully saturated rings. The van der Waals surface area contributed by atoms with Gasteiger partial charge in [-0.1, -0.05) is 6.92 Å². The van der Waals surface area contributed by atoms with Crippen LogP contribution in [-0.2, 0) is 16.8 Å². The summed E-state index contributed by atoms with van der Waals surface area (Å²) in [5.74, 6) is 0.588. The maximum absolute atomic E-state index is 12.3. The number of hydrogen-bond acceptors (Lipinski definition) is 4. The zero-order chi connectivity index (χ0) is 15.3. The highest BCUT2D eigenvalue weighted by Crippen LogP contribution is 2.23. The molecule has 1 aromatic heterocycles. The van der Waals surface area contributed by atoms with Gasteiger partial charge in [-0.2, -0.15) is 17.4 Å². The summed E-state index contributed by atoms with van der Waals surface area (Å²) in [5.41, 5.74) is 0. The summed E-state index contributed by atoms with van der Waals surface area (Å²) >= 11 is 4.93. The van der Waals surface area contributed by atoms with Gasteiger partial charge in [-0.15, -0.1) is 11.3 Å². The highest BCUT2D eigenvalue weighted by molar-refractivity contribution is 9.11. The van der Waals surface area contributed by atoms with Crippen LogP contribution < -0.4 is 10.0 Å². The lowest BCUT2D eigenvalue weighted by Gasteiger charge is -2.31. The molecule has 120 valence electrons. The van der Waals surface area contributed by atoms with Gasteiger partial charge >= 0.3 is 0 Å². The molecule has 2 N–H and O–H groups in total. The molecule has 0 bridgehead atoms. The van der Waals surface area contributed by atoms with Crippen molar-refractivity contribution in [3.63, 3.8) is 0 Å². The van der Waals surface area contributed by atoms with Crippen LogP contribution in [-0.4, -0.2) is 38.9 Å². The smallest absolute Gasteiger partial charge is 0.279 e. The Kier molecular flexibility index (Phi) is 6.64. The summed E-state index contributed by atoms with van der Waals surface area (Å²) < 4.78 is 29.8. The Bertz CT molecular complexity index is 539. The van der Waals surface area contributed by atoms with Gasteiger partial charge in [0, 0.05) is 24.5 Å². The Balaban J connectivity index is 1.81. The normalized spacial score (nSPS) is 18.2. The molecule has 0 amide bonds. The molecule has 0 saturated carbocycles. The molecule has 0 aromatic carbocycles. The zero-order valence-electron chi connectivity index (χ0n) is 12.1. The fourth-order valence-electron chi connectivity index (χ4n) is 2.40. The second kappa shape index (κ2) is 8.03. The maximum atomic E-state index is 12.3. The standard InChI is InChI=1S/C13H22BrN3O2S2/c1-2-15-9-11-5-7-17(8-6-11)21(18,19)16-10-12-3-4-13(14)20-12/h3-4,11,15-16H,2,5-10H2,1H3. The predicted molar refractivity (Wildman–Crippen MR) is 90.6 cm³/mol. The average Bonchev–Trinajstić information content (AvgIpc) is 2.89. The van der Waals surface area contributed by atoms with Gasteiger partial charge in [-0.25, -0.2) is 0 Å². The van der Waals surface area contributed by atoms with Crippen LogP contribution in [0.5, 0.6) is 0 Å². The Morgan fingerprint density at radius 3 is 2.67 bits per heavy atom. The van der Waals surface area contributed by atoms with Gasteiger partial charge in [0.2, 0.25) is 0 Å². The number of rotatable bonds is 7. The lowest BCUT2D eigenvalue weighted by Crippen LogP contribution is -2.45. The van der Waals surface area contributed by atoms with Gasteiger partial charge in [0.25, 0.3) is 10.2 Å². The second-order valence-electron chi connectivity index (χ2n) is 5.18. The zero-order valence-corrected chi connectivity index (χ0v) is 15.4. The Hall–Kier alpha value is 0.01000. The van der Waals surface area contributed by atoms with Crippen LogP contribution in [0.4, 0.5) is 0 Å². The lowest BCUT2D eigenvalue weighted by atomic mass is 9.98. The van der Waals surface area contributed by atoms with Crippen LogP contribution >= 0.6 is 27.3 Å². The van der Waals surface area contributed by atoms with Gasteiger partial charge in [0.15, 0.2) is 0 Å². The van der Waals surface area contributed by atoms with Crippen molar-refractivity contribution in [2.45, 2.75) is 26.3 Å². The highest BCUT2D eigenvalue weighted by Gasteiger charge is 2.27. The molecule has 0 aliphatic carbocycles. The molecule has 1 saturated heterocycles. The summed E-state index contributed by atoms with van der Waals surface area (Å²) in [6.45, 7) is 5.62. The molecule has 1 aliphatic heterocycles. The van der Waals surface area contributed by atoms with Gasteiger partial charge in [-0.05, 0) is 59.9 Å². The number of piperidine rings is 1. The molecule has 8 heteroatoms.